The third-order valence-electron chi connectivity index (χ3n) is 7.67. The third kappa shape index (κ3) is 5.75. The maximum absolute atomic E-state index is 14.4. The molecule has 0 aromatic heterocycles. The van der Waals surface area contributed by atoms with E-state index < -0.39 is 12.1 Å². The summed E-state index contributed by atoms with van der Waals surface area (Å²) in [6.07, 6.45) is 0. The van der Waals surface area contributed by atoms with E-state index >= 15 is 0 Å². The molecule has 0 aliphatic carbocycles. The first-order valence-electron chi connectivity index (χ1n) is 13.7. The SMILES string of the molecule is CNC(C)C(=O)NC1CN(C(=O)c2ccc(C)cc2)c2ccccc2N(Cc2c(OC)ccc3cc(Br)ccc23)C1=O. The van der Waals surface area contributed by atoms with Gasteiger partial charge in [-0.05, 0) is 74.1 Å². The van der Waals surface area contributed by atoms with Gasteiger partial charge in [0.05, 0.1) is 37.6 Å². The molecule has 9 heteroatoms. The van der Waals surface area contributed by atoms with Gasteiger partial charge in [-0.1, -0.05) is 57.9 Å². The molecule has 0 saturated carbocycles. The minimum atomic E-state index is -0.995. The summed E-state index contributed by atoms with van der Waals surface area (Å²) in [5, 5.41) is 7.74. The fraction of sp³-hybridized carbons (Fsp3) is 0.242. The van der Waals surface area contributed by atoms with Crippen LogP contribution in [-0.4, -0.2) is 50.5 Å². The first kappa shape index (κ1) is 29.3. The topological polar surface area (TPSA) is 91.0 Å². The van der Waals surface area contributed by atoms with E-state index in [1.165, 1.54) is 0 Å². The maximum Gasteiger partial charge on any atom is 0.258 e. The van der Waals surface area contributed by atoms with Crippen molar-refractivity contribution in [3.63, 3.8) is 0 Å². The van der Waals surface area contributed by atoms with Crippen molar-refractivity contribution >= 4 is 55.8 Å². The van der Waals surface area contributed by atoms with Gasteiger partial charge in [0.1, 0.15) is 11.8 Å². The van der Waals surface area contributed by atoms with Crippen LogP contribution < -0.4 is 25.2 Å². The van der Waals surface area contributed by atoms with Gasteiger partial charge in [-0.3, -0.25) is 14.4 Å². The number of hydrogen-bond acceptors (Lipinski definition) is 5. The molecule has 0 spiro atoms. The predicted molar refractivity (Wildman–Crippen MR) is 169 cm³/mol. The van der Waals surface area contributed by atoms with Crippen LogP contribution in [0.2, 0.25) is 0 Å². The minimum absolute atomic E-state index is 0.0269. The summed E-state index contributed by atoms with van der Waals surface area (Å²) in [7, 11) is 3.28. The van der Waals surface area contributed by atoms with Crippen LogP contribution >= 0.6 is 15.9 Å². The summed E-state index contributed by atoms with van der Waals surface area (Å²) in [6, 6.07) is 23.0. The van der Waals surface area contributed by atoms with E-state index in [-0.39, 0.29) is 30.8 Å². The first-order chi connectivity index (χ1) is 20.2. The first-order valence-corrected chi connectivity index (χ1v) is 14.5. The molecule has 0 saturated heterocycles. The number of likely N-dealkylation sites (N-methyl/N-ethyl adjacent to an activating group) is 1. The molecule has 0 fully saturated rings. The summed E-state index contributed by atoms with van der Waals surface area (Å²) < 4.78 is 6.69. The number of ether oxygens (including phenoxy) is 1. The Morgan fingerprint density at radius 1 is 1.02 bits per heavy atom. The van der Waals surface area contributed by atoms with E-state index in [1.807, 2.05) is 73.7 Å². The van der Waals surface area contributed by atoms with Gasteiger partial charge in [-0.2, -0.15) is 0 Å². The highest BCUT2D eigenvalue weighted by molar-refractivity contribution is 9.10. The zero-order valence-corrected chi connectivity index (χ0v) is 25.6. The van der Waals surface area contributed by atoms with Gasteiger partial charge in [-0.25, -0.2) is 0 Å². The van der Waals surface area contributed by atoms with Crippen molar-refractivity contribution in [2.75, 3.05) is 30.5 Å². The van der Waals surface area contributed by atoms with Crippen molar-refractivity contribution in [3.05, 3.63) is 100 Å². The van der Waals surface area contributed by atoms with Crippen molar-refractivity contribution in [3.8, 4) is 5.75 Å². The average Bonchev–Trinajstić information content (AvgIpc) is 3.11. The Balaban J connectivity index is 1.65. The number of para-hydroxylation sites is 2. The molecule has 1 heterocycles. The molecule has 4 aromatic carbocycles. The van der Waals surface area contributed by atoms with Crippen LogP contribution in [0.15, 0.2) is 83.3 Å². The number of carbonyl (C=O) groups excluding carboxylic acids is 3. The largest absolute Gasteiger partial charge is 0.496 e. The van der Waals surface area contributed by atoms with E-state index in [1.54, 1.807) is 43.0 Å². The summed E-state index contributed by atoms with van der Waals surface area (Å²) in [6.45, 7) is 3.82. The number of anilines is 2. The Morgan fingerprint density at radius 3 is 2.43 bits per heavy atom. The number of carbonyl (C=O) groups is 3. The highest BCUT2D eigenvalue weighted by Gasteiger charge is 2.38. The number of halogens is 1. The van der Waals surface area contributed by atoms with Gasteiger partial charge in [-0.15, -0.1) is 0 Å². The standard InChI is InChI=1S/C33H33BrN4O4/c1-20-9-11-22(12-10-20)32(40)38-19-27(36-31(39)21(2)35-3)33(41)37(28-7-5-6-8-29(28)38)18-26-25-15-14-24(34)17-23(25)13-16-30(26)42-4/h5-17,21,27,35H,18-19H2,1-4H3,(H,36,39). The second-order valence-electron chi connectivity index (χ2n) is 10.4. The fourth-order valence-electron chi connectivity index (χ4n) is 5.19. The zero-order chi connectivity index (χ0) is 30.0. The fourth-order valence-corrected chi connectivity index (χ4v) is 5.57. The second kappa shape index (κ2) is 12.3. The van der Waals surface area contributed by atoms with Crippen molar-refractivity contribution < 1.29 is 19.1 Å². The Labute approximate surface area is 253 Å². The number of benzene rings is 4. The smallest absolute Gasteiger partial charge is 0.258 e. The van der Waals surface area contributed by atoms with Crippen LogP contribution in [0.4, 0.5) is 11.4 Å². The van der Waals surface area contributed by atoms with E-state index in [4.69, 9.17) is 4.74 Å². The van der Waals surface area contributed by atoms with Crippen LogP contribution in [0.1, 0.15) is 28.4 Å². The summed E-state index contributed by atoms with van der Waals surface area (Å²) in [4.78, 5) is 44.7. The molecule has 216 valence electrons. The molecule has 8 nitrogen and oxygen atoms in total. The number of hydrogen-bond donors (Lipinski definition) is 2. The van der Waals surface area contributed by atoms with Crippen LogP contribution in [-0.2, 0) is 16.1 Å². The predicted octanol–water partition coefficient (Wildman–Crippen LogP) is 5.21. The summed E-state index contributed by atoms with van der Waals surface area (Å²) in [5.41, 5.74) is 3.49. The number of fused-ring (bicyclic) bond motifs is 2. The van der Waals surface area contributed by atoms with Gasteiger partial charge >= 0.3 is 0 Å². The van der Waals surface area contributed by atoms with Gasteiger partial charge < -0.3 is 25.2 Å². The molecular weight excluding hydrogens is 596 g/mol. The number of rotatable bonds is 7. The van der Waals surface area contributed by atoms with Crippen LogP contribution in [0.5, 0.6) is 5.75 Å². The summed E-state index contributed by atoms with van der Waals surface area (Å²) >= 11 is 3.55. The lowest BCUT2D eigenvalue weighted by Gasteiger charge is -2.27. The molecule has 42 heavy (non-hydrogen) atoms. The average molecular weight is 630 g/mol. The minimum Gasteiger partial charge on any atom is -0.496 e. The molecule has 2 atom stereocenters. The molecule has 2 unspecified atom stereocenters. The molecule has 2 N–H and O–H groups in total. The highest BCUT2D eigenvalue weighted by atomic mass is 79.9. The van der Waals surface area contributed by atoms with Gasteiger partial charge in [0.2, 0.25) is 5.91 Å². The molecule has 0 bridgehead atoms. The Kier molecular flexibility index (Phi) is 8.61. The van der Waals surface area contributed by atoms with Crippen molar-refractivity contribution in [2.45, 2.75) is 32.5 Å². The molecule has 3 amide bonds. The van der Waals surface area contributed by atoms with Crippen molar-refractivity contribution in [1.82, 2.24) is 10.6 Å². The monoisotopic (exact) mass is 628 g/mol. The van der Waals surface area contributed by atoms with Crippen LogP contribution in [0.3, 0.4) is 0 Å². The van der Waals surface area contributed by atoms with Gasteiger partial charge in [0, 0.05) is 15.6 Å². The maximum atomic E-state index is 14.4. The number of aryl methyl sites for hydroxylation is 1. The van der Waals surface area contributed by atoms with Crippen LogP contribution in [0, 0.1) is 6.92 Å². The Hall–Kier alpha value is -4.21. The molecule has 4 aromatic rings. The van der Waals surface area contributed by atoms with Gasteiger partial charge in [0.15, 0.2) is 0 Å². The van der Waals surface area contributed by atoms with Crippen molar-refractivity contribution in [2.24, 2.45) is 0 Å². The van der Waals surface area contributed by atoms with E-state index in [0.717, 1.165) is 26.4 Å². The number of methoxy groups -OCH3 is 1. The molecule has 5 rings (SSSR count). The lowest BCUT2D eigenvalue weighted by molar-refractivity contribution is -0.128. The number of nitrogens with zero attached hydrogens (tertiary/aromatic N) is 2. The van der Waals surface area contributed by atoms with Crippen LogP contribution in [0.25, 0.3) is 10.8 Å². The third-order valence-corrected chi connectivity index (χ3v) is 8.16. The number of amides is 3. The molecule has 1 aliphatic rings. The van der Waals surface area contributed by atoms with Gasteiger partial charge in [0.25, 0.3) is 11.8 Å². The quantitative estimate of drug-likeness (QED) is 0.293. The lowest BCUT2D eigenvalue weighted by Crippen LogP contribution is -2.55. The normalized spacial score (nSPS) is 15.6. The molecule has 1 aliphatic heterocycles. The molecule has 0 radical (unpaired) electrons. The zero-order valence-electron chi connectivity index (χ0n) is 24.0. The lowest BCUT2D eigenvalue weighted by atomic mass is 10.0. The second-order valence-corrected chi connectivity index (χ2v) is 11.3. The van der Waals surface area contributed by atoms with E-state index in [2.05, 4.69) is 26.6 Å². The molecular formula is C33H33BrN4O4. The summed E-state index contributed by atoms with van der Waals surface area (Å²) in [5.74, 6) is -0.284. The number of nitrogens with one attached hydrogen (secondary N) is 2. The van der Waals surface area contributed by atoms with E-state index in [0.29, 0.717) is 22.7 Å². The van der Waals surface area contributed by atoms with Crippen molar-refractivity contribution in [1.29, 1.82) is 0 Å². The Morgan fingerprint density at radius 2 is 1.74 bits per heavy atom. The van der Waals surface area contributed by atoms with E-state index in [9.17, 15) is 14.4 Å². The Bertz CT molecular complexity index is 1660. The highest BCUT2D eigenvalue weighted by Crippen LogP contribution is 2.38.